The molecule has 0 amide bonds. The Labute approximate surface area is 378 Å². The number of hydrogen-bond donors (Lipinski definition) is 1. The van der Waals surface area contributed by atoms with Crippen molar-refractivity contribution in [3.05, 3.63) is 108 Å². The molecule has 0 aromatic heterocycles. The van der Waals surface area contributed by atoms with Crippen molar-refractivity contribution in [2.75, 3.05) is 27.9 Å². The van der Waals surface area contributed by atoms with Crippen LogP contribution in [0.3, 0.4) is 0 Å². The molecule has 0 fully saturated rings. The Balaban J connectivity index is 1.97. The van der Waals surface area contributed by atoms with Gasteiger partial charge in [-0.2, -0.15) is 39.5 Å². The minimum absolute atomic E-state index is 0.0179. The summed E-state index contributed by atoms with van der Waals surface area (Å²) in [4.78, 5) is 40.8. The standard InChI is InChI=1S/C47H57F9O10/c1-8-31(28-36(10-3)65-39(58)43(62-6,46(51,52)53)34-22-16-12-17-23-34)29-41(4,60)30-32(9-2)37(66-40(59)44(63-7,47(54,55)56)35-24-18-13-19-25-35)26-27-64-38(57)42(61-5,45(48,49)50)33-20-14-11-15-21-33/h11-25,31-32,36-37,60H,8-10,26-30H2,1-7H3/t31-,32+,36-,37+,41+,42+,43+,44+/m0/s1. The van der Waals surface area contributed by atoms with E-state index >= 15 is 0 Å². The lowest BCUT2D eigenvalue weighted by molar-refractivity contribution is -0.280. The van der Waals surface area contributed by atoms with Gasteiger partial charge in [-0.25, -0.2) is 14.4 Å². The maximum absolute atomic E-state index is 15.0. The van der Waals surface area contributed by atoms with Crippen LogP contribution < -0.4 is 0 Å². The number of benzene rings is 3. The van der Waals surface area contributed by atoms with Gasteiger partial charge in [0.2, 0.25) is 0 Å². The van der Waals surface area contributed by atoms with Gasteiger partial charge in [0.25, 0.3) is 16.8 Å². The number of methoxy groups -OCH3 is 3. The van der Waals surface area contributed by atoms with Gasteiger partial charge in [-0.15, -0.1) is 0 Å². The molecule has 0 heterocycles. The average Bonchev–Trinajstić information content (AvgIpc) is 3.25. The quantitative estimate of drug-likeness (QED) is 0.0527. The van der Waals surface area contributed by atoms with E-state index in [1.165, 1.54) is 61.5 Å². The summed E-state index contributed by atoms with van der Waals surface area (Å²) in [7, 11) is 2.01. The predicted molar refractivity (Wildman–Crippen MR) is 221 cm³/mol. The van der Waals surface area contributed by atoms with E-state index < -0.39 is 113 Å². The fourth-order valence-electron chi connectivity index (χ4n) is 8.25. The van der Waals surface area contributed by atoms with Gasteiger partial charge in [-0.1, -0.05) is 118 Å². The van der Waals surface area contributed by atoms with Crippen LogP contribution in [0.5, 0.6) is 0 Å². The first-order valence-corrected chi connectivity index (χ1v) is 21.2. The molecule has 19 heteroatoms. The van der Waals surface area contributed by atoms with Gasteiger partial charge >= 0.3 is 36.4 Å². The maximum Gasteiger partial charge on any atom is 0.432 e. The third-order valence-electron chi connectivity index (χ3n) is 11.8. The lowest BCUT2D eigenvalue weighted by Gasteiger charge is -2.38. The van der Waals surface area contributed by atoms with Crippen molar-refractivity contribution in [3.63, 3.8) is 0 Å². The molecule has 0 aliphatic heterocycles. The third-order valence-corrected chi connectivity index (χ3v) is 11.8. The van der Waals surface area contributed by atoms with Crippen molar-refractivity contribution >= 4 is 17.9 Å². The first kappa shape index (κ1) is 55.6. The highest BCUT2D eigenvalue weighted by Gasteiger charge is 2.66. The van der Waals surface area contributed by atoms with E-state index in [-0.39, 0.29) is 32.1 Å². The molecule has 10 nitrogen and oxygen atoms in total. The van der Waals surface area contributed by atoms with Gasteiger partial charge in [-0.05, 0) is 50.9 Å². The molecular weight excluding hydrogens is 895 g/mol. The van der Waals surface area contributed by atoms with Crippen molar-refractivity contribution in [1.29, 1.82) is 0 Å². The molecule has 0 spiro atoms. The number of hydrogen-bond acceptors (Lipinski definition) is 10. The number of halogens is 9. The van der Waals surface area contributed by atoms with Crippen LogP contribution >= 0.6 is 0 Å². The van der Waals surface area contributed by atoms with E-state index in [4.69, 9.17) is 28.4 Å². The Morgan fingerprint density at radius 2 is 0.924 bits per heavy atom. The molecule has 0 bridgehead atoms. The molecule has 3 aromatic rings. The Morgan fingerprint density at radius 3 is 1.26 bits per heavy atom. The maximum atomic E-state index is 15.0. The van der Waals surface area contributed by atoms with Gasteiger partial charge in [0.1, 0.15) is 12.2 Å². The van der Waals surface area contributed by atoms with E-state index in [2.05, 4.69) is 0 Å². The number of carbonyl (C=O) groups is 3. The van der Waals surface area contributed by atoms with Crippen LogP contribution in [0.15, 0.2) is 91.0 Å². The summed E-state index contributed by atoms with van der Waals surface area (Å²) in [5.41, 5.74) is -14.4. The lowest BCUT2D eigenvalue weighted by Crippen LogP contribution is -2.53. The fraction of sp³-hybridized carbons (Fsp3) is 0.553. The third kappa shape index (κ3) is 12.0. The highest BCUT2D eigenvalue weighted by atomic mass is 19.4. The van der Waals surface area contributed by atoms with Crippen LogP contribution in [0.1, 0.15) is 89.3 Å². The molecule has 66 heavy (non-hydrogen) atoms. The molecule has 0 radical (unpaired) electrons. The van der Waals surface area contributed by atoms with Crippen LogP contribution in [-0.4, -0.2) is 87.3 Å². The molecule has 3 aromatic carbocycles. The summed E-state index contributed by atoms with van der Waals surface area (Å²) in [6, 6.07) is 17.8. The second-order valence-corrected chi connectivity index (χ2v) is 16.1. The Morgan fingerprint density at radius 1 is 0.545 bits per heavy atom. The number of rotatable bonds is 24. The number of esters is 3. The smallest absolute Gasteiger partial charge is 0.432 e. The minimum atomic E-state index is -5.43. The van der Waals surface area contributed by atoms with Crippen LogP contribution in [0.4, 0.5) is 39.5 Å². The summed E-state index contributed by atoms with van der Waals surface area (Å²) in [5.74, 6) is -7.20. The first-order valence-electron chi connectivity index (χ1n) is 21.2. The van der Waals surface area contributed by atoms with Crippen LogP contribution in [0, 0.1) is 11.8 Å². The normalized spacial score (nSPS) is 18.0. The summed E-state index contributed by atoms with van der Waals surface area (Å²) < 4.78 is 163. The molecule has 0 unspecified atom stereocenters. The van der Waals surface area contributed by atoms with Crippen molar-refractivity contribution < 1.29 is 87.4 Å². The molecular formula is C47H57F9O10. The zero-order valence-corrected chi connectivity index (χ0v) is 37.6. The van der Waals surface area contributed by atoms with Crippen molar-refractivity contribution in [2.45, 2.75) is 126 Å². The van der Waals surface area contributed by atoms with E-state index in [0.29, 0.717) is 20.6 Å². The lowest BCUT2D eigenvalue weighted by atomic mass is 9.78. The summed E-state index contributed by atoms with van der Waals surface area (Å²) in [6.07, 6.45) is -19.7. The Bertz CT molecular complexity index is 1980. The topological polar surface area (TPSA) is 127 Å². The van der Waals surface area contributed by atoms with Crippen LogP contribution in [0.2, 0.25) is 0 Å². The van der Waals surface area contributed by atoms with Gasteiger partial charge in [0, 0.05) is 44.4 Å². The molecule has 8 atom stereocenters. The SMILES string of the molecule is CC[C@@H](C[C@H](CC)OC(=O)[C@](OC)(c1ccccc1)C(F)(F)F)C[C@@](C)(O)C[C@@H](CC)[C@@H](CCOC(=O)[C@](OC)(c1ccccc1)C(F)(F)F)OC(=O)[C@](OC)(c1ccccc1)C(F)(F)F. The zero-order valence-electron chi connectivity index (χ0n) is 37.6. The zero-order chi connectivity index (χ0) is 49.8. The average molecular weight is 953 g/mol. The highest BCUT2D eigenvalue weighted by Crippen LogP contribution is 2.47. The monoisotopic (exact) mass is 952 g/mol. The molecule has 1 N–H and O–H groups in total. The largest absolute Gasteiger partial charge is 0.463 e. The van der Waals surface area contributed by atoms with Crippen LogP contribution in [-0.2, 0) is 59.6 Å². The van der Waals surface area contributed by atoms with Crippen molar-refractivity contribution in [2.24, 2.45) is 11.8 Å². The van der Waals surface area contributed by atoms with Crippen molar-refractivity contribution in [1.82, 2.24) is 0 Å². The molecule has 0 aliphatic carbocycles. The Hall–Kier alpha value is -4.72. The van der Waals surface area contributed by atoms with Gasteiger partial charge in [0.15, 0.2) is 0 Å². The first-order chi connectivity index (χ1) is 30.8. The molecule has 3 rings (SSSR count). The van der Waals surface area contributed by atoms with Gasteiger partial charge in [-0.3, -0.25) is 0 Å². The molecule has 0 saturated heterocycles. The second-order valence-electron chi connectivity index (χ2n) is 16.1. The van der Waals surface area contributed by atoms with E-state index in [1.807, 2.05) is 0 Å². The van der Waals surface area contributed by atoms with Gasteiger partial charge < -0.3 is 33.5 Å². The second kappa shape index (κ2) is 22.9. The van der Waals surface area contributed by atoms with Crippen molar-refractivity contribution in [3.8, 4) is 0 Å². The molecule has 0 saturated carbocycles. The van der Waals surface area contributed by atoms with Crippen LogP contribution in [0.25, 0.3) is 0 Å². The number of alkyl halides is 9. The highest BCUT2D eigenvalue weighted by molar-refractivity contribution is 5.84. The molecule has 368 valence electrons. The summed E-state index contributed by atoms with van der Waals surface area (Å²) in [6.45, 7) is 5.27. The fourth-order valence-corrected chi connectivity index (χ4v) is 8.25. The summed E-state index contributed by atoms with van der Waals surface area (Å²) >= 11 is 0. The van der Waals surface area contributed by atoms with Gasteiger partial charge in [0.05, 0.1) is 12.2 Å². The number of ether oxygens (including phenoxy) is 6. The van der Waals surface area contributed by atoms with E-state index in [0.717, 1.165) is 43.5 Å². The van der Waals surface area contributed by atoms with E-state index in [9.17, 15) is 59.0 Å². The number of aliphatic hydroxyl groups is 1. The number of carbonyl (C=O) groups excluding carboxylic acids is 3. The van der Waals surface area contributed by atoms with E-state index in [1.54, 1.807) is 20.8 Å². The minimum Gasteiger partial charge on any atom is -0.463 e. The summed E-state index contributed by atoms with van der Waals surface area (Å²) in [5, 5.41) is 11.9. The molecule has 0 aliphatic rings. The Kier molecular flexibility index (Phi) is 19.3. The predicted octanol–water partition coefficient (Wildman–Crippen LogP) is 10.4.